The van der Waals surface area contributed by atoms with Gasteiger partial charge in [0.25, 0.3) is 0 Å². The van der Waals surface area contributed by atoms with E-state index in [1.807, 2.05) is 0 Å². The van der Waals surface area contributed by atoms with Crippen LogP contribution in [0.25, 0.3) is 0 Å². The molecule has 0 spiro atoms. The Morgan fingerprint density at radius 3 is 2.78 bits per heavy atom. The molecule has 1 saturated heterocycles. The second-order valence-corrected chi connectivity index (χ2v) is 5.41. The Kier molecular flexibility index (Phi) is 3.31. The summed E-state index contributed by atoms with van der Waals surface area (Å²) in [6, 6.07) is 13.8. The van der Waals surface area contributed by atoms with Crippen LogP contribution >= 0.6 is 0 Å². The highest BCUT2D eigenvalue weighted by Crippen LogP contribution is 2.42. The zero-order chi connectivity index (χ0) is 12.4. The number of benzene rings is 1. The second kappa shape index (κ2) is 5.09. The maximum absolute atomic E-state index is 9.00. The van der Waals surface area contributed by atoms with Gasteiger partial charge in [-0.1, -0.05) is 36.8 Å². The third-order valence-electron chi connectivity index (χ3n) is 4.42. The standard InChI is InChI=1S/C15H19N3/c16-10-9-11-7-4-8-13-14(11)15(18-17-13)12-5-2-1-3-6-12/h1-3,5-6,11,13-15,17-18H,4,7-9H2. The Morgan fingerprint density at radius 1 is 1.17 bits per heavy atom. The fraction of sp³-hybridized carbons (Fsp3) is 0.533. The zero-order valence-corrected chi connectivity index (χ0v) is 10.5. The van der Waals surface area contributed by atoms with Crippen molar-refractivity contribution in [3.8, 4) is 6.07 Å². The van der Waals surface area contributed by atoms with Gasteiger partial charge in [-0.05, 0) is 24.3 Å². The predicted molar refractivity (Wildman–Crippen MR) is 70.3 cm³/mol. The average molecular weight is 241 g/mol. The Balaban J connectivity index is 1.86. The summed E-state index contributed by atoms with van der Waals surface area (Å²) in [4.78, 5) is 0. The number of nitriles is 1. The largest absolute Gasteiger partial charge is 0.254 e. The van der Waals surface area contributed by atoms with Crippen molar-refractivity contribution in [2.75, 3.05) is 0 Å². The van der Waals surface area contributed by atoms with Crippen LogP contribution in [-0.2, 0) is 0 Å². The van der Waals surface area contributed by atoms with Crippen LogP contribution in [0.2, 0.25) is 0 Å². The Morgan fingerprint density at radius 2 is 2.00 bits per heavy atom. The van der Waals surface area contributed by atoms with E-state index in [1.54, 1.807) is 0 Å². The van der Waals surface area contributed by atoms with Crippen LogP contribution in [0.1, 0.15) is 37.3 Å². The maximum Gasteiger partial charge on any atom is 0.0624 e. The van der Waals surface area contributed by atoms with Gasteiger partial charge in [0.15, 0.2) is 0 Å². The molecule has 4 unspecified atom stereocenters. The monoisotopic (exact) mass is 241 g/mol. The lowest BCUT2D eigenvalue weighted by atomic mass is 9.71. The van der Waals surface area contributed by atoms with Crippen molar-refractivity contribution in [1.82, 2.24) is 10.9 Å². The van der Waals surface area contributed by atoms with Gasteiger partial charge in [-0.15, -0.1) is 0 Å². The van der Waals surface area contributed by atoms with Crippen LogP contribution in [0.3, 0.4) is 0 Å². The minimum Gasteiger partial charge on any atom is -0.254 e. The lowest BCUT2D eigenvalue weighted by Crippen LogP contribution is -2.36. The fourth-order valence-electron chi connectivity index (χ4n) is 3.60. The SMILES string of the molecule is N#CCC1CCCC2NNC(c3ccccc3)C12. The van der Waals surface area contributed by atoms with Crippen LogP contribution in [0.4, 0.5) is 0 Å². The third kappa shape index (κ3) is 2.03. The summed E-state index contributed by atoms with van der Waals surface area (Å²) in [7, 11) is 0. The maximum atomic E-state index is 9.00. The molecule has 1 aliphatic carbocycles. The summed E-state index contributed by atoms with van der Waals surface area (Å²) in [5.74, 6) is 1.09. The number of hydrogen-bond donors (Lipinski definition) is 2. The molecule has 0 amide bonds. The van der Waals surface area contributed by atoms with Crippen molar-refractivity contribution in [2.24, 2.45) is 11.8 Å². The summed E-state index contributed by atoms with van der Waals surface area (Å²) < 4.78 is 0. The van der Waals surface area contributed by atoms with Crippen LogP contribution in [0, 0.1) is 23.2 Å². The molecule has 3 rings (SSSR count). The summed E-state index contributed by atoms with van der Waals surface area (Å²) >= 11 is 0. The van der Waals surface area contributed by atoms with Crippen molar-refractivity contribution in [2.45, 2.75) is 37.8 Å². The van der Waals surface area contributed by atoms with Gasteiger partial charge in [-0.2, -0.15) is 5.26 Å². The van der Waals surface area contributed by atoms with E-state index in [-0.39, 0.29) is 0 Å². The molecular formula is C15H19N3. The van der Waals surface area contributed by atoms with E-state index in [0.29, 0.717) is 30.3 Å². The van der Waals surface area contributed by atoms with Gasteiger partial charge in [0, 0.05) is 18.4 Å². The van der Waals surface area contributed by atoms with E-state index in [2.05, 4.69) is 47.3 Å². The van der Waals surface area contributed by atoms with Crippen LogP contribution in [0.5, 0.6) is 0 Å². The first-order valence-electron chi connectivity index (χ1n) is 6.83. The Labute approximate surface area is 108 Å². The van der Waals surface area contributed by atoms with Gasteiger partial charge in [0.05, 0.1) is 12.1 Å². The molecule has 2 aliphatic rings. The molecule has 1 saturated carbocycles. The molecule has 1 aromatic carbocycles. The van der Waals surface area contributed by atoms with Crippen molar-refractivity contribution < 1.29 is 0 Å². The van der Waals surface area contributed by atoms with Gasteiger partial charge in [-0.3, -0.25) is 5.43 Å². The Hall–Kier alpha value is -1.37. The van der Waals surface area contributed by atoms with Gasteiger partial charge in [0.2, 0.25) is 0 Å². The van der Waals surface area contributed by atoms with E-state index >= 15 is 0 Å². The first kappa shape index (κ1) is 11.7. The number of hydrazine groups is 1. The summed E-state index contributed by atoms with van der Waals surface area (Å²) in [6.45, 7) is 0. The highest BCUT2D eigenvalue weighted by atomic mass is 15.4. The number of nitrogens with zero attached hydrogens (tertiary/aromatic N) is 1. The number of nitrogens with one attached hydrogen (secondary N) is 2. The van der Waals surface area contributed by atoms with Gasteiger partial charge in [0.1, 0.15) is 0 Å². The molecule has 94 valence electrons. The van der Waals surface area contributed by atoms with E-state index in [4.69, 9.17) is 5.26 Å². The average Bonchev–Trinajstić information content (AvgIpc) is 2.85. The molecule has 1 heterocycles. The molecule has 1 aliphatic heterocycles. The first-order valence-corrected chi connectivity index (χ1v) is 6.83. The number of fused-ring (bicyclic) bond motifs is 1. The normalized spacial score (nSPS) is 34.8. The highest BCUT2D eigenvalue weighted by molar-refractivity contribution is 5.22. The third-order valence-corrected chi connectivity index (χ3v) is 4.42. The fourth-order valence-corrected chi connectivity index (χ4v) is 3.60. The van der Waals surface area contributed by atoms with Crippen LogP contribution in [0.15, 0.2) is 30.3 Å². The number of rotatable bonds is 2. The van der Waals surface area contributed by atoms with Crippen LogP contribution in [-0.4, -0.2) is 6.04 Å². The minimum absolute atomic E-state index is 0.356. The molecule has 2 fully saturated rings. The van der Waals surface area contributed by atoms with Gasteiger partial charge in [-0.25, -0.2) is 5.43 Å². The van der Waals surface area contributed by atoms with Crippen molar-refractivity contribution >= 4 is 0 Å². The lowest BCUT2D eigenvalue weighted by molar-refractivity contribution is 0.206. The smallest absolute Gasteiger partial charge is 0.0624 e. The summed E-state index contributed by atoms with van der Waals surface area (Å²) in [5, 5.41) is 9.00. The molecular weight excluding hydrogens is 222 g/mol. The first-order chi connectivity index (χ1) is 8.90. The second-order valence-electron chi connectivity index (χ2n) is 5.41. The van der Waals surface area contributed by atoms with Crippen molar-refractivity contribution in [3.63, 3.8) is 0 Å². The van der Waals surface area contributed by atoms with Gasteiger partial charge < -0.3 is 0 Å². The van der Waals surface area contributed by atoms with E-state index in [0.717, 1.165) is 0 Å². The minimum atomic E-state index is 0.356. The van der Waals surface area contributed by atoms with E-state index in [1.165, 1.54) is 24.8 Å². The molecule has 2 N–H and O–H groups in total. The molecule has 18 heavy (non-hydrogen) atoms. The molecule has 0 radical (unpaired) electrons. The highest BCUT2D eigenvalue weighted by Gasteiger charge is 2.43. The van der Waals surface area contributed by atoms with Crippen molar-refractivity contribution in [3.05, 3.63) is 35.9 Å². The van der Waals surface area contributed by atoms with E-state index in [9.17, 15) is 0 Å². The quantitative estimate of drug-likeness (QED) is 0.836. The van der Waals surface area contributed by atoms with Gasteiger partial charge >= 0.3 is 0 Å². The summed E-state index contributed by atoms with van der Waals surface area (Å²) in [5.41, 5.74) is 8.22. The lowest BCUT2D eigenvalue weighted by Gasteiger charge is -2.34. The molecule has 4 atom stereocenters. The number of hydrogen-bond acceptors (Lipinski definition) is 3. The molecule has 3 heteroatoms. The predicted octanol–water partition coefficient (Wildman–Crippen LogP) is 2.53. The Bertz CT molecular complexity index is 437. The topological polar surface area (TPSA) is 47.9 Å². The van der Waals surface area contributed by atoms with E-state index < -0.39 is 0 Å². The molecule has 0 aromatic heterocycles. The zero-order valence-electron chi connectivity index (χ0n) is 10.5. The van der Waals surface area contributed by atoms with Crippen molar-refractivity contribution in [1.29, 1.82) is 5.26 Å². The summed E-state index contributed by atoms with van der Waals surface area (Å²) in [6.07, 6.45) is 4.35. The molecule has 1 aromatic rings. The van der Waals surface area contributed by atoms with Crippen LogP contribution < -0.4 is 10.9 Å². The molecule has 0 bridgehead atoms. The molecule has 3 nitrogen and oxygen atoms in total.